The molecule has 1 amide bonds. The lowest BCUT2D eigenvalue weighted by atomic mass is 10.2. The number of esters is 1. The predicted molar refractivity (Wildman–Crippen MR) is 98.8 cm³/mol. The van der Waals surface area contributed by atoms with Crippen molar-refractivity contribution in [3.05, 3.63) is 47.5 Å². The lowest BCUT2D eigenvalue weighted by Gasteiger charge is -2.15. The molecule has 8 heteroatoms. The number of hydrogen-bond acceptors (Lipinski definition) is 7. The second-order valence-electron chi connectivity index (χ2n) is 6.02. The Bertz CT molecular complexity index is 881. The Morgan fingerprint density at radius 1 is 1.07 bits per heavy atom. The van der Waals surface area contributed by atoms with E-state index in [4.69, 9.17) is 23.7 Å². The number of carbonyl (C=O) groups excluding carboxylic acids is 2. The van der Waals surface area contributed by atoms with Crippen LogP contribution in [-0.4, -0.2) is 39.0 Å². The summed E-state index contributed by atoms with van der Waals surface area (Å²) in [7, 11) is 2.93. The van der Waals surface area contributed by atoms with E-state index in [1.54, 1.807) is 24.3 Å². The number of rotatable bonds is 7. The first kappa shape index (κ1) is 19.3. The lowest BCUT2D eigenvalue weighted by molar-refractivity contribution is -0.129. The first-order chi connectivity index (χ1) is 13.5. The van der Waals surface area contributed by atoms with Gasteiger partial charge in [-0.1, -0.05) is 6.07 Å². The molecule has 1 heterocycles. The molecular weight excluding hydrogens is 366 g/mol. The van der Waals surface area contributed by atoms with Gasteiger partial charge in [0, 0.05) is 6.54 Å². The summed E-state index contributed by atoms with van der Waals surface area (Å²) in [6.45, 7) is 1.95. The third kappa shape index (κ3) is 4.28. The van der Waals surface area contributed by atoms with Crippen LogP contribution in [0.3, 0.4) is 0 Å². The minimum Gasteiger partial charge on any atom is -0.497 e. The van der Waals surface area contributed by atoms with E-state index in [1.807, 2.05) is 6.07 Å². The molecule has 0 fully saturated rings. The van der Waals surface area contributed by atoms with Gasteiger partial charge >= 0.3 is 5.97 Å². The summed E-state index contributed by atoms with van der Waals surface area (Å²) in [5, 5.41) is 2.73. The van der Waals surface area contributed by atoms with E-state index in [-0.39, 0.29) is 18.9 Å². The maximum Gasteiger partial charge on any atom is 0.342 e. The summed E-state index contributed by atoms with van der Waals surface area (Å²) in [6.07, 6.45) is -0.989. The van der Waals surface area contributed by atoms with Gasteiger partial charge in [0.15, 0.2) is 17.6 Å². The molecule has 1 aliphatic heterocycles. The zero-order valence-corrected chi connectivity index (χ0v) is 15.8. The van der Waals surface area contributed by atoms with Crippen LogP contribution >= 0.6 is 0 Å². The highest BCUT2D eigenvalue weighted by Crippen LogP contribution is 2.32. The summed E-state index contributed by atoms with van der Waals surface area (Å²) in [5.41, 5.74) is 1.02. The van der Waals surface area contributed by atoms with Crippen LogP contribution in [0.5, 0.6) is 23.0 Å². The SMILES string of the molecule is COc1ccc(OC)c(C(=O)O[C@@H](C)C(=O)NCc2ccc3c(c2)OCO3)c1. The van der Waals surface area contributed by atoms with Crippen molar-refractivity contribution in [2.24, 2.45) is 0 Å². The van der Waals surface area contributed by atoms with Gasteiger partial charge in [-0.05, 0) is 42.8 Å². The third-order valence-electron chi connectivity index (χ3n) is 4.18. The van der Waals surface area contributed by atoms with Crippen LogP contribution in [0.15, 0.2) is 36.4 Å². The molecule has 28 heavy (non-hydrogen) atoms. The Labute approximate surface area is 162 Å². The van der Waals surface area contributed by atoms with Gasteiger partial charge in [0.1, 0.15) is 17.1 Å². The minimum atomic E-state index is -0.989. The van der Waals surface area contributed by atoms with Crippen LogP contribution in [0.1, 0.15) is 22.8 Å². The largest absolute Gasteiger partial charge is 0.497 e. The molecule has 0 unspecified atom stereocenters. The number of hydrogen-bond donors (Lipinski definition) is 1. The van der Waals surface area contributed by atoms with Crippen molar-refractivity contribution in [1.29, 1.82) is 0 Å². The molecule has 1 aliphatic rings. The topological polar surface area (TPSA) is 92.3 Å². The van der Waals surface area contributed by atoms with E-state index in [0.29, 0.717) is 23.0 Å². The molecular formula is C20H21NO7. The Hall–Kier alpha value is -3.42. The van der Waals surface area contributed by atoms with E-state index in [2.05, 4.69) is 5.32 Å². The van der Waals surface area contributed by atoms with Crippen LogP contribution < -0.4 is 24.3 Å². The van der Waals surface area contributed by atoms with Crippen molar-refractivity contribution in [3.63, 3.8) is 0 Å². The van der Waals surface area contributed by atoms with Gasteiger partial charge in [0.2, 0.25) is 6.79 Å². The molecule has 0 spiro atoms. The lowest BCUT2D eigenvalue weighted by Crippen LogP contribution is -2.35. The van der Waals surface area contributed by atoms with Crippen LogP contribution in [0.25, 0.3) is 0 Å². The van der Waals surface area contributed by atoms with E-state index in [1.165, 1.54) is 27.2 Å². The summed E-state index contributed by atoms with van der Waals surface area (Å²) in [5.74, 6) is 1.02. The van der Waals surface area contributed by atoms with E-state index < -0.39 is 18.0 Å². The molecule has 1 atom stereocenters. The molecule has 0 saturated heterocycles. The fourth-order valence-electron chi connectivity index (χ4n) is 2.63. The number of methoxy groups -OCH3 is 2. The molecule has 3 rings (SSSR count). The average Bonchev–Trinajstić information content (AvgIpc) is 3.19. The van der Waals surface area contributed by atoms with Crippen molar-refractivity contribution in [1.82, 2.24) is 5.32 Å². The first-order valence-electron chi connectivity index (χ1n) is 8.61. The quantitative estimate of drug-likeness (QED) is 0.729. The maximum absolute atomic E-state index is 12.4. The molecule has 0 saturated carbocycles. The Morgan fingerprint density at radius 2 is 1.86 bits per heavy atom. The highest BCUT2D eigenvalue weighted by molar-refractivity contribution is 5.95. The number of benzene rings is 2. The Balaban J connectivity index is 1.58. The van der Waals surface area contributed by atoms with Gasteiger partial charge in [-0.3, -0.25) is 4.79 Å². The van der Waals surface area contributed by atoms with Gasteiger partial charge < -0.3 is 29.0 Å². The molecule has 148 valence electrons. The number of fused-ring (bicyclic) bond motifs is 1. The van der Waals surface area contributed by atoms with Gasteiger partial charge in [-0.25, -0.2) is 4.79 Å². The van der Waals surface area contributed by atoms with E-state index in [9.17, 15) is 9.59 Å². The molecule has 2 aromatic carbocycles. The average molecular weight is 387 g/mol. The summed E-state index contributed by atoms with van der Waals surface area (Å²) in [4.78, 5) is 24.7. The van der Waals surface area contributed by atoms with Crippen molar-refractivity contribution < 1.29 is 33.3 Å². The molecule has 1 N–H and O–H groups in total. The first-order valence-corrected chi connectivity index (χ1v) is 8.61. The zero-order valence-electron chi connectivity index (χ0n) is 15.8. The molecule has 0 aromatic heterocycles. The van der Waals surface area contributed by atoms with Crippen LogP contribution in [-0.2, 0) is 16.1 Å². The number of amides is 1. The van der Waals surface area contributed by atoms with E-state index >= 15 is 0 Å². The maximum atomic E-state index is 12.4. The molecule has 0 bridgehead atoms. The Morgan fingerprint density at radius 3 is 2.61 bits per heavy atom. The highest BCUT2D eigenvalue weighted by Gasteiger charge is 2.22. The molecule has 8 nitrogen and oxygen atoms in total. The van der Waals surface area contributed by atoms with Crippen molar-refractivity contribution in [2.75, 3.05) is 21.0 Å². The monoisotopic (exact) mass is 387 g/mol. The van der Waals surface area contributed by atoms with Gasteiger partial charge in [0.05, 0.1) is 14.2 Å². The summed E-state index contributed by atoms with van der Waals surface area (Å²) >= 11 is 0. The van der Waals surface area contributed by atoms with Gasteiger partial charge in [0.25, 0.3) is 5.91 Å². The second kappa shape index (κ2) is 8.51. The predicted octanol–water partition coefficient (Wildman–Crippen LogP) is 2.29. The van der Waals surface area contributed by atoms with Crippen molar-refractivity contribution in [2.45, 2.75) is 19.6 Å². The molecule has 0 aliphatic carbocycles. The zero-order chi connectivity index (χ0) is 20.1. The minimum absolute atomic E-state index is 0.178. The fraction of sp³-hybridized carbons (Fsp3) is 0.300. The van der Waals surface area contributed by atoms with Crippen molar-refractivity contribution >= 4 is 11.9 Å². The number of carbonyl (C=O) groups is 2. The van der Waals surface area contributed by atoms with Gasteiger partial charge in [-0.2, -0.15) is 0 Å². The second-order valence-corrected chi connectivity index (χ2v) is 6.02. The molecule has 2 aromatic rings. The Kier molecular flexibility index (Phi) is 5.88. The van der Waals surface area contributed by atoms with Crippen molar-refractivity contribution in [3.8, 4) is 23.0 Å². The van der Waals surface area contributed by atoms with Crippen LogP contribution in [0.4, 0.5) is 0 Å². The summed E-state index contributed by atoms with van der Waals surface area (Å²) in [6, 6.07) is 10.2. The van der Waals surface area contributed by atoms with Crippen LogP contribution in [0.2, 0.25) is 0 Å². The third-order valence-corrected chi connectivity index (χ3v) is 4.18. The molecule has 0 radical (unpaired) electrons. The normalized spacial score (nSPS) is 12.8. The van der Waals surface area contributed by atoms with Crippen LogP contribution in [0, 0.1) is 0 Å². The highest BCUT2D eigenvalue weighted by atomic mass is 16.7. The smallest absolute Gasteiger partial charge is 0.342 e. The standard InChI is InChI=1S/C20H21NO7/c1-12(28-20(23)15-9-14(24-2)5-7-16(15)25-3)19(22)21-10-13-4-6-17-18(8-13)27-11-26-17/h4-9,12H,10-11H2,1-3H3,(H,21,22)/t12-/m0/s1. The van der Waals surface area contributed by atoms with Gasteiger partial charge in [-0.15, -0.1) is 0 Å². The summed E-state index contributed by atoms with van der Waals surface area (Å²) < 4.78 is 26.1. The number of nitrogens with one attached hydrogen (secondary N) is 1. The number of ether oxygens (including phenoxy) is 5. The fourth-order valence-corrected chi connectivity index (χ4v) is 2.63. The van der Waals surface area contributed by atoms with E-state index in [0.717, 1.165) is 5.56 Å².